The lowest BCUT2D eigenvalue weighted by atomic mass is 10.1. The molecule has 6 heteroatoms. The minimum atomic E-state index is 0.0231. The zero-order chi connectivity index (χ0) is 16.6. The highest BCUT2D eigenvalue weighted by Crippen LogP contribution is 2.16. The van der Waals surface area contributed by atoms with E-state index >= 15 is 0 Å². The molecule has 0 spiro atoms. The van der Waals surface area contributed by atoms with Gasteiger partial charge in [-0.3, -0.25) is 9.69 Å². The molecule has 0 aliphatic rings. The smallest absolute Gasteiger partial charge is 0.255 e. The highest BCUT2D eigenvalue weighted by molar-refractivity contribution is 5.80. The van der Waals surface area contributed by atoms with Crippen molar-refractivity contribution in [3.05, 3.63) is 57.5 Å². The van der Waals surface area contributed by atoms with Gasteiger partial charge in [-0.25, -0.2) is 0 Å². The van der Waals surface area contributed by atoms with Crippen LogP contribution in [0.15, 0.2) is 33.5 Å². The molecule has 0 bridgehead atoms. The molecule has 0 saturated carbocycles. The first-order valence-electron chi connectivity index (χ1n) is 7.51. The maximum atomic E-state index is 12.5. The number of hydrogen-bond acceptors (Lipinski definition) is 5. The van der Waals surface area contributed by atoms with E-state index in [4.69, 9.17) is 4.42 Å². The van der Waals surface area contributed by atoms with Crippen molar-refractivity contribution < 1.29 is 4.42 Å². The Bertz CT molecular complexity index is 911. The van der Waals surface area contributed by atoms with Crippen LogP contribution in [0.25, 0.3) is 10.9 Å². The average molecular weight is 312 g/mol. The molecule has 0 amide bonds. The number of rotatable bonds is 4. The second-order valence-electron chi connectivity index (χ2n) is 5.98. The fourth-order valence-electron chi connectivity index (χ4n) is 2.76. The molecule has 3 rings (SSSR count). The summed E-state index contributed by atoms with van der Waals surface area (Å²) in [4.78, 5) is 14.5. The van der Waals surface area contributed by atoms with Crippen LogP contribution in [0.2, 0.25) is 0 Å². The van der Waals surface area contributed by atoms with E-state index < -0.39 is 0 Å². The lowest BCUT2D eigenvalue weighted by molar-refractivity contribution is 0.277. The van der Waals surface area contributed by atoms with E-state index in [0.29, 0.717) is 24.9 Å². The fourth-order valence-corrected chi connectivity index (χ4v) is 2.76. The summed E-state index contributed by atoms with van der Waals surface area (Å²) in [6.07, 6.45) is 0. The summed E-state index contributed by atoms with van der Waals surface area (Å²) in [6, 6.07) is 8.08. The molecule has 23 heavy (non-hydrogen) atoms. The van der Waals surface area contributed by atoms with Gasteiger partial charge in [0.15, 0.2) is 0 Å². The van der Waals surface area contributed by atoms with E-state index in [2.05, 4.69) is 16.3 Å². The van der Waals surface area contributed by atoms with Gasteiger partial charge in [-0.1, -0.05) is 11.6 Å². The van der Waals surface area contributed by atoms with Gasteiger partial charge >= 0.3 is 0 Å². The summed E-state index contributed by atoms with van der Waals surface area (Å²) < 4.78 is 7.09. The molecule has 0 atom stereocenters. The summed E-state index contributed by atoms with van der Waals surface area (Å²) in [6.45, 7) is 4.85. The second kappa shape index (κ2) is 5.96. The standard InChI is InChI=1S/C17H20N4O2/c1-11-5-6-15-13(7-11)8-14(17(22)21(15)4)9-20(3)10-16-19-18-12(2)23-16/h5-8H,9-10H2,1-4H3. The zero-order valence-corrected chi connectivity index (χ0v) is 13.8. The van der Waals surface area contributed by atoms with Crippen molar-refractivity contribution in [3.63, 3.8) is 0 Å². The van der Waals surface area contributed by atoms with E-state index in [1.165, 1.54) is 5.56 Å². The Morgan fingerprint density at radius 3 is 2.65 bits per heavy atom. The van der Waals surface area contributed by atoms with Crippen molar-refractivity contribution in [2.75, 3.05) is 7.05 Å². The van der Waals surface area contributed by atoms with Crippen LogP contribution >= 0.6 is 0 Å². The predicted octanol–water partition coefficient (Wildman–Crippen LogP) is 2.17. The van der Waals surface area contributed by atoms with Crippen LogP contribution < -0.4 is 5.56 Å². The second-order valence-corrected chi connectivity index (χ2v) is 5.98. The maximum Gasteiger partial charge on any atom is 0.255 e. The van der Waals surface area contributed by atoms with Crippen LogP contribution in [0.5, 0.6) is 0 Å². The summed E-state index contributed by atoms with van der Waals surface area (Å²) in [5.41, 5.74) is 2.90. The van der Waals surface area contributed by atoms with Crippen molar-refractivity contribution in [1.82, 2.24) is 19.7 Å². The van der Waals surface area contributed by atoms with Gasteiger partial charge < -0.3 is 8.98 Å². The summed E-state index contributed by atoms with van der Waals surface area (Å²) in [5, 5.41) is 8.88. The Kier molecular flexibility index (Phi) is 4.00. The van der Waals surface area contributed by atoms with Crippen molar-refractivity contribution in [3.8, 4) is 0 Å². The van der Waals surface area contributed by atoms with Gasteiger partial charge in [0, 0.05) is 26.1 Å². The maximum absolute atomic E-state index is 12.5. The summed E-state index contributed by atoms with van der Waals surface area (Å²) >= 11 is 0. The van der Waals surface area contributed by atoms with Crippen LogP contribution in [0.4, 0.5) is 0 Å². The Hall–Kier alpha value is -2.47. The minimum absolute atomic E-state index is 0.0231. The monoisotopic (exact) mass is 312 g/mol. The van der Waals surface area contributed by atoms with Gasteiger partial charge in [0.1, 0.15) is 0 Å². The van der Waals surface area contributed by atoms with E-state index in [1.807, 2.05) is 44.1 Å². The van der Waals surface area contributed by atoms with Crippen LogP contribution in [0.3, 0.4) is 0 Å². The topological polar surface area (TPSA) is 64.2 Å². The first kappa shape index (κ1) is 15.4. The van der Waals surface area contributed by atoms with Crippen molar-refractivity contribution in [1.29, 1.82) is 0 Å². The van der Waals surface area contributed by atoms with Gasteiger partial charge in [-0.05, 0) is 37.6 Å². The number of pyridine rings is 1. The number of aryl methyl sites for hydroxylation is 3. The van der Waals surface area contributed by atoms with E-state index in [1.54, 1.807) is 11.5 Å². The first-order valence-corrected chi connectivity index (χ1v) is 7.51. The lowest BCUT2D eigenvalue weighted by Crippen LogP contribution is -2.27. The fraction of sp³-hybridized carbons (Fsp3) is 0.353. The highest BCUT2D eigenvalue weighted by atomic mass is 16.4. The largest absolute Gasteiger partial charge is 0.424 e. The third-order valence-electron chi connectivity index (χ3n) is 3.87. The lowest BCUT2D eigenvalue weighted by Gasteiger charge is -2.16. The van der Waals surface area contributed by atoms with Crippen molar-refractivity contribution in [2.24, 2.45) is 7.05 Å². The molecular formula is C17H20N4O2. The SMILES string of the molecule is Cc1ccc2c(c1)cc(CN(C)Cc1nnc(C)o1)c(=O)n2C. The van der Waals surface area contributed by atoms with E-state index in [9.17, 15) is 4.79 Å². The molecule has 0 radical (unpaired) electrons. The normalized spacial score (nSPS) is 11.5. The van der Waals surface area contributed by atoms with Gasteiger partial charge in [0.25, 0.3) is 5.56 Å². The number of hydrogen-bond donors (Lipinski definition) is 0. The van der Waals surface area contributed by atoms with Gasteiger partial charge in [-0.2, -0.15) is 0 Å². The van der Waals surface area contributed by atoms with Crippen LogP contribution in [0, 0.1) is 13.8 Å². The molecule has 0 unspecified atom stereocenters. The van der Waals surface area contributed by atoms with Crippen molar-refractivity contribution >= 4 is 10.9 Å². The van der Waals surface area contributed by atoms with Crippen LogP contribution in [-0.2, 0) is 20.1 Å². The molecule has 2 heterocycles. The molecule has 0 saturated heterocycles. The zero-order valence-electron chi connectivity index (χ0n) is 13.8. The molecule has 3 aromatic rings. The Morgan fingerprint density at radius 2 is 1.96 bits per heavy atom. The van der Waals surface area contributed by atoms with Crippen LogP contribution in [-0.4, -0.2) is 26.7 Å². The first-order chi connectivity index (χ1) is 10.9. The number of benzene rings is 1. The molecular weight excluding hydrogens is 292 g/mol. The third-order valence-corrected chi connectivity index (χ3v) is 3.87. The van der Waals surface area contributed by atoms with Gasteiger partial charge in [0.05, 0.1) is 12.1 Å². The van der Waals surface area contributed by atoms with E-state index in [0.717, 1.165) is 16.5 Å². The minimum Gasteiger partial charge on any atom is -0.424 e. The van der Waals surface area contributed by atoms with Gasteiger partial charge in [0.2, 0.25) is 11.8 Å². The number of aromatic nitrogens is 3. The Balaban J connectivity index is 1.90. The molecule has 1 aromatic carbocycles. The Labute approximate surface area is 134 Å². The Morgan fingerprint density at radius 1 is 1.17 bits per heavy atom. The molecule has 0 N–H and O–H groups in total. The number of nitrogens with zero attached hydrogens (tertiary/aromatic N) is 4. The quantitative estimate of drug-likeness (QED) is 0.739. The van der Waals surface area contributed by atoms with E-state index in [-0.39, 0.29) is 5.56 Å². The average Bonchev–Trinajstić information content (AvgIpc) is 2.89. The highest BCUT2D eigenvalue weighted by Gasteiger charge is 2.12. The molecule has 120 valence electrons. The molecule has 0 fully saturated rings. The van der Waals surface area contributed by atoms with Crippen LogP contribution in [0.1, 0.15) is 22.9 Å². The molecule has 0 aliphatic heterocycles. The third kappa shape index (κ3) is 3.17. The predicted molar refractivity (Wildman–Crippen MR) is 88.1 cm³/mol. The van der Waals surface area contributed by atoms with Gasteiger partial charge in [-0.15, -0.1) is 10.2 Å². The van der Waals surface area contributed by atoms with Crippen molar-refractivity contribution in [2.45, 2.75) is 26.9 Å². The molecule has 6 nitrogen and oxygen atoms in total. The molecule has 0 aliphatic carbocycles. The summed E-state index contributed by atoms with van der Waals surface area (Å²) in [7, 11) is 3.74. The summed E-state index contributed by atoms with van der Waals surface area (Å²) in [5.74, 6) is 1.10. The molecule has 2 aromatic heterocycles. The number of fused-ring (bicyclic) bond motifs is 1.